The van der Waals surface area contributed by atoms with Crippen molar-refractivity contribution >= 4 is 68.1 Å². The average molecular weight is 569 g/mol. The highest BCUT2D eigenvalue weighted by atomic mass is 79.9. The van der Waals surface area contributed by atoms with Crippen LogP contribution in [-0.2, 0) is 0 Å². The zero-order valence-corrected chi connectivity index (χ0v) is 19.7. The molecule has 0 radical (unpaired) electrons. The normalized spacial score (nSPS) is 18.1. The van der Waals surface area contributed by atoms with E-state index in [-0.39, 0.29) is 33.7 Å². The average Bonchev–Trinajstić information content (AvgIpc) is 3.06. The standard InChI is InChI=1S/C20H13BrCl3F3N4O/c21-10-3-1-9(2-4-10)14-8-15(20(25,26)27)31-18(28-14)16(24)17(30-31)19(32)29-13-6-5-11(22)7-12(13)23/h1-7,14-15,28H,8H2,(H,29,32)/t14-,15-/m0/s1. The van der Waals surface area contributed by atoms with Crippen LogP contribution in [0.2, 0.25) is 15.1 Å². The lowest BCUT2D eigenvalue weighted by Gasteiger charge is -2.33. The molecule has 2 aromatic carbocycles. The number of nitrogens with zero attached hydrogens (tertiary/aromatic N) is 2. The fourth-order valence-electron chi connectivity index (χ4n) is 3.42. The summed E-state index contributed by atoms with van der Waals surface area (Å²) in [5, 5.41) is 9.69. The van der Waals surface area contributed by atoms with Gasteiger partial charge in [-0.1, -0.05) is 62.9 Å². The number of fused-ring (bicyclic) bond motifs is 1. The van der Waals surface area contributed by atoms with Gasteiger partial charge in [-0.2, -0.15) is 18.3 Å². The second-order valence-corrected chi connectivity index (χ2v) is 9.21. The molecule has 2 N–H and O–H groups in total. The highest BCUT2D eigenvalue weighted by Crippen LogP contribution is 2.46. The van der Waals surface area contributed by atoms with Gasteiger partial charge in [0.1, 0.15) is 10.8 Å². The molecule has 0 bridgehead atoms. The predicted molar refractivity (Wildman–Crippen MR) is 122 cm³/mol. The molecule has 2 atom stereocenters. The number of anilines is 2. The largest absolute Gasteiger partial charge is 0.410 e. The van der Waals surface area contributed by atoms with Gasteiger partial charge in [-0.3, -0.25) is 4.79 Å². The van der Waals surface area contributed by atoms with E-state index < -0.39 is 24.2 Å². The third kappa shape index (κ3) is 4.57. The lowest BCUT2D eigenvalue weighted by atomic mass is 9.97. The summed E-state index contributed by atoms with van der Waals surface area (Å²) in [5.41, 5.74) is 0.506. The number of nitrogens with one attached hydrogen (secondary N) is 2. The van der Waals surface area contributed by atoms with E-state index in [2.05, 4.69) is 31.7 Å². The van der Waals surface area contributed by atoms with Gasteiger partial charge in [-0.05, 0) is 35.9 Å². The van der Waals surface area contributed by atoms with E-state index in [1.165, 1.54) is 18.2 Å². The molecule has 4 rings (SSSR count). The summed E-state index contributed by atoms with van der Waals surface area (Å²) in [7, 11) is 0. The highest BCUT2D eigenvalue weighted by Gasteiger charge is 2.47. The van der Waals surface area contributed by atoms with E-state index in [0.717, 1.165) is 9.15 Å². The van der Waals surface area contributed by atoms with Crippen LogP contribution in [-0.4, -0.2) is 21.9 Å². The monoisotopic (exact) mass is 566 g/mol. The maximum absolute atomic E-state index is 13.9. The zero-order valence-electron chi connectivity index (χ0n) is 15.9. The molecule has 32 heavy (non-hydrogen) atoms. The van der Waals surface area contributed by atoms with E-state index >= 15 is 0 Å². The molecule has 2 heterocycles. The van der Waals surface area contributed by atoms with E-state index in [1.807, 2.05) is 0 Å². The number of halogens is 7. The molecule has 168 valence electrons. The molecule has 1 aromatic heterocycles. The van der Waals surface area contributed by atoms with Gasteiger partial charge < -0.3 is 10.6 Å². The highest BCUT2D eigenvalue weighted by molar-refractivity contribution is 9.10. The van der Waals surface area contributed by atoms with E-state index in [1.54, 1.807) is 24.3 Å². The topological polar surface area (TPSA) is 59.0 Å². The Hall–Kier alpha value is -1.94. The minimum atomic E-state index is -4.60. The second kappa shape index (κ2) is 8.78. The summed E-state index contributed by atoms with van der Waals surface area (Å²) in [5.74, 6) is -0.885. The number of amides is 1. The van der Waals surface area contributed by atoms with Gasteiger partial charge in [0.25, 0.3) is 5.91 Å². The van der Waals surface area contributed by atoms with Gasteiger partial charge in [0, 0.05) is 15.9 Å². The molecule has 5 nitrogen and oxygen atoms in total. The smallest absolute Gasteiger partial charge is 0.362 e. The van der Waals surface area contributed by atoms with Crippen molar-refractivity contribution in [2.24, 2.45) is 0 Å². The summed E-state index contributed by atoms with van der Waals surface area (Å²) >= 11 is 21.5. The number of hydrogen-bond acceptors (Lipinski definition) is 3. The van der Waals surface area contributed by atoms with Gasteiger partial charge in [-0.15, -0.1) is 0 Å². The molecule has 0 spiro atoms. The van der Waals surface area contributed by atoms with Crippen LogP contribution in [0.25, 0.3) is 0 Å². The van der Waals surface area contributed by atoms with Gasteiger partial charge in [0.05, 0.1) is 16.8 Å². The number of aromatic nitrogens is 2. The fourth-order valence-corrected chi connectivity index (χ4v) is 4.41. The first-order valence-corrected chi connectivity index (χ1v) is 11.1. The Morgan fingerprint density at radius 3 is 2.47 bits per heavy atom. The van der Waals surface area contributed by atoms with Gasteiger partial charge in [-0.25, -0.2) is 4.68 Å². The van der Waals surface area contributed by atoms with Crippen LogP contribution in [0.3, 0.4) is 0 Å². The van der Waals surface area contributed by atoms with Crippen molar-refractivity contribution in [2.45, 2.75) is 24.7 Å². The first-order chi connectivity index (χ1) is 15.0. The van der Waals surface area contributed by atoms with Gasteiger partial charge in [0.2, 0.25) is 0 Å². The maximum Gasteiger partial charge on any atom is 0.410 e. The Kier molecular flexibility index (Phi) is 6.37. The molecule has 12 heteroatoms. The molecule has 1 aliphatic heterocycles. The summed E-state index contributed by atoms with van der Waals surface area (Å²) in [6.45, 7) is 0. The zero-order chi connectivity index (χ0) is 23.2. The SMILES string of the molecule is O=C(Nc1ccc(Cl)cc1Cl)c1nn2c(c1Cl)N[C@H](c1ccc(Br)cc1)C[C@H]2C(F)(F)F. The first-order valence-electron chi connectivity index (χ1n) is 9.17. The van der Waals surface area contributed by atoms with E-state index in [4.69, 9.17) is 34.8 Å². The van der Waals surface area contributed by atoms with Crippen molar-refractivity contribution in [2.75, 3.05) is 10.6 Å². The fraction of sp³-hybridized carbons (Fsp3) is 0.200. The number of carbonyl (C=O) groups is 1. The molecule has 0 fully saturated rings. The van der Waals surface area contributed by atoms with Crippen molar-refractivity contribution in [1.82, 2.24) is 9.78 Å². The summed E-state index contributed by atoms with van der Waals surface area (Å²) in [6.07, 6.45) is -4.92. The summed E-state index contributed by atoms with van der Waals surface area (Å²) in [6, 6.07) is 8.64. The van der Waals surface area contributed by atoms with Crippen LogP contribution < -0.4 is 10.6 Å². The maximum atomic E-state index is 13.9. The quantitative estimate of drug-likeness (QED) is 0.344. The Bertz CT molecular complexity index is 1180. The van der Waals surface area contributed by atoms with Crippen molar-refractivity contribution in [3.05, 3.63) is 73.3 Å². The third-order valence-electron chi connectivity index (χ3n) is 4.96. The second-order valence-electron chi connectivity index (χ2n) is 7.08. The molecule has 0 saturated carbocycles. The lowest BCUT2D eigenvalue weighted by Crippen LogP contribution is -2.35. The number of alkyl halides is 3. The first kappa shape index (κ1) is 23.2. The van der Waals surface area contributed by atoms with Crippen LogP contribution in [0, 0.1) is 0 Å². The molecule has 3 aromatic rings. The Labute approximate surface area is 204 Å². The number of carbonyl (C=O) groups excluding carboxylic acids is 1. The number of hydrogen-bond donors (Lipinski definition) is 2. The molecular formula is C20H13BrCl3F3N4O. The van der Waals surface area contributed by atoms with Crippen molar-refractivity contribution in [3.8, 4) is 0 Å². The van der Waals surface area contributed by atoms with Gasteiger partial charge in [0.15, 0.2) is 11.7 Å². The van der Waals surface area contributed by atoms with E-state index in [9.17, 15) is 18.0 Å². The Morgan fingerprint density at radius 2 is 1.84 bits per heavy atom. The predicted octanol–water partition coefficient (Wildman–Crippen LogP) is 7.52. The molecule has 0 unspecified atom stereocenters. The van der Waals surface area contributed by atoms with Crippen molar-refractivity contribution in [1.29, 1.82) is 0 Å². The van der Waals surface area contributed by atoms with Crippen LogP contribution in [0.4, 0.5) is 24.7 Å². The minimum absolute atomic E-state index is 0.0829. The summed E-state index contributed by atoms with van der Waals surface area (Å²) < 4.78 is 43.2. The molecule has 0 aliphatic carbocycles. The molecular weight excluding hydrogens is 556 g/mol. The lowest BCUT2D eigenvalue weighted by molar-refractivity contribution is -0.173. The Balaban J connectivity index is 1.70. The Morgan fingerprint density at radius 1 is 1.16 bits per heavy atom. The van der Waals surface area contributed by atoms with Crippen molar-refractivity contribution < 1.29 is 18.0 Å². The van der Waals surface area contributed by atoms with Gasteiger partial charge >= 0.3 is 6.18 Å². The van der Waals surface area contributed by atoms with Crippen LogP contribution in [0.1, 0.15) is 34.6 Å². The number of rotatable bonds is 3. The van der Waals surface area contributed by atoms with Crippen molar-refractivity contribution in [3.63, 3.8) is 0 Å². The van der Waals surface area contributed by atoms with Crippen LogP contribution in [0.15, 0.2) is 46.9 Å². The number of benzene rings is 2. The molecule has 1 amide bonds. The van der Waals surface area contributed by atoms with Crippen LogP contribution >= 0.6 is 50.7 Å². The van der Waals surface area contributed by atoms with E-state index in [0.29, 0.717) is 10.6 Å². The summed E-state index contributed by atoms with van der Waals surface area (Å²) in [4.78, 5) is 12.8. The molecule has 1 aliphatic rings. The third-order valence-corrected chi connectivity index (χ3v) is 6.40. The minimum Gasteiger partial charge on any atom is -0.362 e. The van der Waals surface area contributed by atoms with Crippen LogP contribution in [0.5, 0.6) is 0 Å². The molecule has 0 saturated heterocycles.